The monoisotopic (exact) mass is 438 g/mol. The molecule has 5 rings (SSSR count). The number of nitrogens with zero attached hydrogens (tertiary/aromatic N) is 2. The van der Waals surface area contributed by atoms with E-state index >= 15 is 0 Å². The summed E-state index contributed by atoms with van der Waals surface area (Å²) in [6, 6.07) is 16.2. The van der Waals surface area contributed by atoms with Crippen molar-refractivity contribution >= 4 is 23.3 Å². The molecule has 0 aliphatic carbocycles. The van der Waals surface area contributed by atoms with Crippen LogP contribution in [0.25, 0.3) is 10.4 Å². The third-order valence-electron chi connectivity index (χ3n) is 5.56. The summed E-state index contributed by atoms with van der Waals surface area (Å²) >= 11 is 1.41. The van der Waals surface area contributed by atoms with Crippen molar-refractivity contribution < 1.29 is 23.6 Å². The first kappa shape index (κ1) is 19.7. The smallest absolute Gasteiger partial charge is 0.345 e. The Bertz CT molecular complexity index is 1130. The van der Waals surface area contributed by atoms with Crippen LogP contribution in [0.1, 0.15) is 28.1 Å². The van der Waals surface area contributed by atoms with E-state index in [0.717, 1.165) is 26.4 Å². The molecule has 1 aromatic heterocycles. The lowest BCUT2D eigenvalue weighted by molar-refractivity contribution is -0.146. The highest BCUT2D eigenvalue weighted by Crippen LogP contribution is 2.49. The molecule has 6 nitrogen and oxygen atoms in total. The van der Waals surface area contributed by atoms with Gasteiger partial charge in [0.25, 0.3) is 0 Å². The third kappa shape index (κ3) is 3.37. The fourth-order valence-corrected chi connectivity index (χ4v) is 5.36. The number of thiophene rings is 1. The second kappa shape index (κ2) is 7.79. The van der Waals surface area contributed by atoms with E-state index < -0.39 is 12.0 Å². The van der Waals surface area contributed by atoms with Gasteiger partial charge in [-0.15, -0.1) is 11.3 Å². The molecule has 2 amide bonds. The second-order valence-electron chi connectivity index (χ2n) is 7.40. The average Bonchev–Trinajstić information content (AvgIpc) is 3.35. The van der Waals surface area contributed by atoms with Crippen LogP contribution in [0.2, 0.25) is 0 Å². The Kier molecular flexibility index (Phi) is 4.95. The first-order valence-corrected chi connectivity index (χ1v) is 10.6. The van der Waals surface area contributed by atoms with Crippen molar-refractivity contribution in [3.8, 4) is 10.4 Å². The van der Waals surface area contributed by atoms with Gasteiger partial charge in [-0.2, -0.15) is 5.06 Å². The van der Waals surface area contributed by atoms with Gasteiger partial charge in [-0.25, -0.2) is 14.0 Å². The maximum absolute atomic E-state index is 13.4. The number of halogens is 1. The highest BCUT2D eigenvalue weighted by atomic mass is 32.1. The average molecular weight is 438 g/mol. The topological polar surface area (TPSA) is 59.1 Å². The van der Waals surface area contributed by atoms with Crippen LogP contribution >= 0.6 is 11.3 Å². The number of benzene rings is 2. The van der Waals surface area contributed by atoms with Gasteiger partial charge in [-0.05, 0) is 34.9 Å². The van der Waals surface area contributed by atoms with Gasteiger partial charge in [0.1, 0.15) is 18.5 Å². The van der Waals surface area contributed by atoms with Gasteiger partial charge in [0.2, 0.25) is 0 Å². The maximum Gasteiger partial charge on any atom is 0.345 e. The largest absolute Gasteiger partial charge is 0.467 e. The molecule has 2 bridgehead atoms. The number of fused-ring (bicyclic) bond motifs is 4. The molecule has 3 heterocycles. The van der Waals surface area contributed by atoms with Gasteiger partial charge in [-0.3, -0.25) is 4.84 Å². The van der Waals surface area contributed by atoms with Gasteiger partial charge in [0.05, 0.1) is 13.7 Å². The van der Waals surface area contributed by atoms with Crippen molar-refractivity contribution in [3.05, 3.63) is 82.5 Å². The minimum absolute atomic E-state index is 0.240. The molecule has 2 aliphatic rings. The van der Waals surface area contributed by atoms with Crippen LogP contribution in [0.4, 0.5) is 9.18 Å². The first-order valence-electron chi connectivity index (χ1n) is 9.81. The van der Waals surface area contributed by atoms with Gasteiger partial charge < -0.3 is 9.64 Å². The van der Waals surface area contributed by atoms with E-state index in [2.05, 4.69) is 0 Å². The molecule has 3 aromatic rings. The molecular weight excluding hydrogens is 419 g/mol. The molecule has 1 fully saturated rings. The van der Waals surface area contributed by atoms with E-state index in [0.29, 0.717) is 6.54 Å². The minimum Gasteiger partial charge on any atom is -0.467 e. The lowest BCUT2D eigenvalue weighted by Gasteiger charge is -2.28. The van der Waals surface area contributed by atoms with Gasteiger partial charge >= 0.3 is 12.0 Å². The Morgan fingerprint density at radius 1 is 1.16 bits per heavy atom. The number of methoxy groups -OCH3 is 1. The molecule has 1 saturated heterocycles. The summed E-state index contributed by atoms with van der Waals surface area (Å²) in [5.41, 5.74) is 2.64. The number of hydroxylamine groups is 2. The van der Waals surface area contributed by atoms with Crippen LogP contribution in [-0.4, -0.2) is 35.6 Å². The van der Waals surface area contributed by atoms with Crippen molar-refractivity contribution in [1.29, 1.82) is 0 Å². The first-order chi connectivity index (χ1) is 15.1. The predicted octanol–water partition coefficient (Wildman–Crippen LogP) is 4.69. The van der Waals surface area contributed by atoms with Gasteiger partial charge in [0.15, 0.2) is 6.04 Å². The van der Waals surface area contributed by atoms with Crippen LogP contribution in [0, 0.1) is 5.82 Å². The summed E-state index contributed by atoms with van der Waals surface area (Å²) in [7, 11) is 1.31. The van der Waals surface area contributed by atoms with Gasteiger partial charge in [-0.1, -0.05) is 42.5 Å². The number of hydrogen-bond donors (Lipinski definition) is 0. The number of carbonyl (C=O) groups is 2. The molecule has 0 saturated carbocycles. The highest BCUT2D eigenvalue weighted by molar-refractivity contribution is 7.15. The zero-order chi connectivity index (χ0) is 21.5. The third-order valence-corrected chi connectivity index (χ3v) is 6.82. The fraction of sp³-hybridized carbons (Fsp3) is 0.217. The van der Waals surface area contributed by atoms with Crippen LogP contribution in [0.5, 0.6) is 0 Å². The lowest BCUT2D eigenvalue weighted by Crippen LogP contribution is -2.38. The number of urea groups is 1. The number of carbonyl (C=O) groups excluding carboxylic acids is 2. The van der Waals surface area contributed by atoms with E-state index in [1.807, 2.05) is 36.4 Å². The Hall–Kier alpha value is -3.23. The summed E-state index contributed by atoms with van der Waals surface area (Å²) in [6.45, 7) is 0.573. The van der Waals surface area contributed by atoms with E-state index in [9.17, 15) is 14.0 Å². The number of hydrogen-bond acceptors (Lipinski definition) is 5. The van der Waals surface area contributed by atoms with E-state index in [4.69, 9.17) is 9.57 Å². The molecule has 158 valence electrons. The zero-order valence-electron chi connectivity index (χ0n) is 16.7. The highest BCUT2D eigenvalue weighted by Gasteiger charge is 2.52. The zero-order valence-corrected chi connectivity index (χ0v) is 17.5. The van der Waals surface area contributed by atoms with Crippen molar-refractivity contribution in [2.45, 2.75) is 18.7 Å². The molecule has 0 spiro atoms. The number of amides is 2. The van der Waals surface area contributed by atoms with Crippen molar-refractivity contribution in [2.24, 2.45) is 0 Å². The standard InChI is InChI=1S/C23H19FN2O4S/c1-29-22(27)20-21-17(11-19(31-21)15-7-9-16(24)10-8-15)18-12-25(20)23(28)26(18)30-13-14-5-3-2-4-6-14/h2-11,18,20H,12-13H2,1H3/t18-,20-/m0/s1. The van der Waals surface area contributed by atoms with Crippen molar-refractivity contribution in [1.82, 2.24) is 9.96 Å². The molecule has 0 N–H and O–H groups in total. The number of rotatable bonds is 5. The summed E-state index contributed by atoms with van der Waals surface area (Å²) in [5.74, 6) is -0.806. The fourth-order valence-electron chi connectivity index (χ4n) is 4.04. The van der Waals surface area contributed by atoms with Crippen molar-refractivity contribution in [3.63, 3.8) is 0 Å². The minimum atomic E-state index is -0.826. The molecule has 0 radical (unpaired) electrons. The molecular formula is C23H19FN2O4S. The van der Waals surface area contributed by atoms with Crippen molar-refractivity contribution in [2.75, 3.05) is 13.7 Å². The number of esters is 1. The summed E-state index contributed by atoms with van der Waals surface area (Å²) < 4.78 is 18.4. The van der Waals surface area contributed by atoms with Crippen LogP contribution in [0.3, 0.4) is 0 Å². The summed E-state index contributed by atoms with van der Waals surface area (Å²) in [6.07, 6.45) is 0. The van der Waals surface area contributed by atoms with Crippen LogP contribution in [0.15, 0.2) is 60.7 Å². The molecule has 8 heteroatoms. The summed E-state index contributed by atoms with van der Waals surface area (Å²) in [4.78, 5) is 34.7. The molecule has 2 atom stereocenters. The predicted molar refractivity (Wildman–Crippen MR) is 112 cm³/mol. The SMILES string of the molecule is COC(=O)[C@@H]1c2sc(-c3ccc(F)cc3)cc2[C@@H]2CN1C(=O)N2OCc1ccccc1. The van der Waals surface area contributed by atoms with Crippen LogP contribution < -0.4 is 0 Å². The molecule has 2 aliphatic heterocycles. The lowest BCUT2D eigenvalue weighted by atomic mass is 9.98. The Morgan fingerprint density at radius 2 is 1.90 bits per heavy atom. The van der Waals surface area contributed by atoms with E-state index in [1.165, 1.54) is 40.5 Å². The second-order valence-corrected chi connectivity index (χ2v) is 8.48. The Morgan fingerprint density at radius 3 is 2.61 bits per heavy atom. The molecule has 31 heavy (non-hydrogen) atoms. The maximum atomic E-state index is 13.4. The molecule has 2 aromatic carbocycles. The normalized spacial score (nSPS) is 19.5. The Balaban J connectivity index is 1.51. The number of ether oxygens (including phenoxy) is 1. The van der Waals surface area contributed by atoms with Gasteiger partial charge in [0, 0.05) is 9.75 Å². The quantitative estimate of drug-likeness (QED) is 0.542. The van der Waals surface area contributed by atoms with Crippen LogP contribution in [-0.2, 0) is 21.0 Å². The summed E-state index contributed by atoms with van der Waals surface area (Å²) in [5, 5.41) is 1.36. The molecule has 0 unspecified atom stereocenters. The van der Waals surface area contributed by atoms with E-state index in [-0.39, 0.29) is 24.5 Å². The van der Waals surface area contributed by atoms with E-state index in [1.54, 1.807) is 12.1 Å². The Labute approximate surface area is 182 Å².